The summed E-state index contributed by atoms with van der Waals surface area (Å²) in [6.45, 7) is 6.93. The number of likely N-dealkylation sites (tertiary alicyclic amines) is 1. The van der Waals surface area contributed by atoms with E-state index in [2.05, 4.69) is 6.92 Å². The quantitative estimate of drug-likeness (QED) is 0.929. The van der Waals surface area contributed by atoms with Crippen LogP contribution in [-0.4, -0.2) is 35.0 Å². The lowest BCUT2D eigenvalue weighted by molar-refractivity contribution is -0.142. The van der Waals surface area contributed by atoms with E-state index < -0.39 is 11.9 Å². The summed E-state index contributed by atoms with van der Waals surface area (Å²) in [4.78, 5) is 27.2. The average Bonchev–Trinajstić information content (AvgIpc) is 2.93. The number of amides is 1. The minimum Gasteiger partial charge on any atom is -0.481 e. The van der Waals surface area contributed by atoms with E-state index in [4.69, 9.17) is 5.11 Å². The van der Waals surface area contributed by atoms with Crippen LogP contribution in [0.1, 0.15) is 40.4 Å². The summed E-state index contributed by atoms with van der Waals surface area (Å²) in [6, 6.07) is 1.98. The molecule has 2 atom stereocenters. The van der Waals surface area contributed by atoms with E-state index in [1.54, 1.807) is 4.90 Å². The topological polar surface area (TPSA) is 57.6 Å². The molecule has 1 amide bonds. The maximum atomic E-state index is 12.5. The summed E-state index contributed by atoms with van der Waals surface area (Å²) in [5.74, 6) is -1.24. The molecule has 4 nitrogen and oxygen atoms in total. The molecule has 0 saturated carbocycles. The predicted molar refractivity (Wildman–Crippen MR) is 79.2 cm³/mol. The minimum atomic E-state index is -0.804. The Hall–Kier alpha value is -1.36. The van der Waals surface area contributed by atoms with Gasteiger partial charge < -0.3 is 10.0 Å². The maximum Gasteiger partial charge on any atom is 0.308 e. The largest absolute Gasteiger partial charge is 0.481 e. The summed E-state index contributed by atoms with van der Waals surface area (Å²) >= 11 is 1.52. The van der Waals surface area contributed by atoms with Gasteiger partial charge in [-0.05, 0) is 30.9 Å². The monoisotopic (exact) mass is 295 g/mol. The van der Waals surface area contributed by atoms with Gasteiger partial charge in [0.15, 0.2) is 0 Å². The van der Waals surface area contributed by atoms with E-state index in [-0.39, 0.29) is 11.8 Å². The Balaban J connectivity index is 2.12. The van der Waals surface area contributed by atoms with Crippen molar-refractivity contribution in [2.75, 3.05) is 13.1 Å². The molecule has 2 heterocycles. The second kappa shape index (κ2) is 5.95. The Morgan fingerprint density at radius 2 is 2.15 bits per heavy atom. The van der Waals surface area contributed by atoms with E-state index in [9.17, 15) is 9.59 Å². The van der Waals surface area contributed by atoms with E-state index >= 15 is 0 Å². The first-order valence-corrected chi connectivity index (χ1v) is 7.87. The molecular formula is C15H21NO3S. The molecule has 1 aliphatic rings. The first-order chi connectivity index (χ1) is 9.43. The van der Waals surface area contributed by atoms with Gasteiger partial charge in [0.05, 0.1) is 10.8 Å². The number of carboxylic acids is 1. The first-order valence-electron chi connectivity index (χ1n) is 7.05. The summed E-state index contributed by atoms with van der Waals surface area (Å²) in [7, 11) is 0. The van der Waals surface area contributed by atoms with Crippen molar-refractivity contribution in [3.8, 4) is 0 Å². The molecule has 110 valence electrons. The van der Waals surface area contributed by atoms with Crippen LogP contribution in [0.25, 0.3) is 0 Å². The Labute approximate surface area is 123 Å². The van der Waals surface area contributed by atoms with Gasteiger partial charge in [0.1, 0.15) is 0 Å². The summed E-state index contributed by atoms with van der Waals surface area (Å²) in [5.41, 5.74) is 1.24. The molecule has 0 radical (unpaired) electrons. The second-order valence-electron chi connectivity index (χ2n) is 5.57. The fraction of sp³-hybridized carbons (Fsp3) is 0.600. The first kappa shape index (κ1) is 15.0. The van der Waals surface area contributed by atoms with Gasteiger partial charge in [0, 0.05) is 18.0 Å². The van der Waals surface area contributed by atoms with Crippen LogP contribution < -0.4 is 0 Å². The average molecular weight is 295 g/mol. The van der Waals surface area contributed by atoms with Crippen LogP contribution in [-0.2, 0) is 11.2 Å². The zero-order valence-corrected chi connectivity index (χ0v) is 13.0. The third-order valence-electron chi connectivity index (χ3n) is 3.97. The van der Waals surface area contributed by atoms with Crippen molar-refractivity contribution in [1.82, 2.24) is 4.90 Å². The highest BCUT2D eigenvalue weighted by Gasteiger charge is 2.37. The van der Waals surface area contributed by atoms with Crippen molar-refractivity contribution < 1.29 is 14.7 Å². The molecule has 1 aliphatic heterocycles. The van der Waals surface area contributed by atoms with Crippen LogP contribution >= 0.6 is 11.3 Å². The molecule has 2 rings (SSSR count). The molecule has 2 unspecified atom stereocenters. The number of carboxylic acid groups (broad SMARTS) is 1. The SMILES string of the molecule is CCCc1cc(C(=O)N2CC(C)C(C(=O)O)C2)sc1C. The van der Waals surface area contributed by atoms with Crippen LogP contribution in [0.4, 0.5) is 0 Å². The number of nitrogens with zero attached hydrogens (tertiary/aromatic N) is 1. The van der Waals surface area contributed by atoms with Gasteiger partial charge in [-0.25, -0.2) is 0 Å². The van der Waals surface area contributed by atoms with Crippen molar-refractivity contribution >= 4 is 23.2 Å². The van der Waals surface area contributed by atoms with Gasteiger partial charge in [-0.3, -0.25) is 9.59 Å². The van der Waals surface area contributed by atoms with E-state index in [1.165, 1.54) is 21.8 Å². The number of carbonyl (C=O) groups excluding carboxylic acids is 1. The molecule has 20 heavy (non-hydrogen) atoms. The lowest BCUT2D eigenvalue weighted by atomic mass is 9.99. The molecule has 0 aliphatic carbocycles. The number of hydrogen-bond acceptors (Lipinski definition) is 3. The van der Waals surface area contributed by atoms with Crippen LogP contribution in [0.2, 0.25) is 0 Å². The lowest BCUT2D eigenvalue weighted by Gasteiger charge is -2.14. The molecule has 1 N–H and O–H groups in total. The molecule has 1 aromatic heterocycles. The molecule has 0 spiro atoms. The normalized spacial score (nSPS) is 22.2. The Morgan fingerprint density at radius 3 is 2.70 bits per heavy atom. The van der Waals surface area contributed by atoms with Crippen molar-refractivity contribution in [3.63, 3.8) is 0 Å². The minimum absolute atomic E-state index is 0.0175. The zero-order valence-electron chi connectivity index (χ0n) is 12.2. The van der Waals surface area contributed by atoms with Crippen molar-refractivity contribution in [3.05, 3.63) is 21.4 Å². The van der Waals surface area contributed by atoms with Crippen LogP contribution in [0.15, 0.2) is 6.07 Å². The van der Waals surface area contributed by atoms with Gasteiger partial charge in [-0.15, -0.1) is 11.3 Å². The van der Waals surface area contributed by atoms with E-state index in [0.717, 1.165) is 17.7 Å². The smallest absolute Gasteiger partial charge is 0.308 e. The van der Waals surface area contributed by atoms with Crippen molar-refractivity contribution in [2.45, 2.75) is 33.6 Å². The number of thiophene rings is 1. The van der Waals surface area contributed by atoms with Crippen LogP contribution in [0, 0.1) is 18.8 Å². The Bertz CT molecular complexity index is 523. The van der Waals surface area contributed by atoms with Gasteiger partial charge in [-0.2, -0.15) is 0 Å². The highest BCUT2D eigenvalue weighted by molar-refractivity contribution is 7.14. The number of rotatable bonds is 4. The van der Waals surface area contributed by atoms with Gasteiger partial charge in [0.2, 0.25) is 0 Å². The molecular weight excluding hydrogens is 274 g/mol. The summed E-state index contributed by atoms with van der Waals surface area (Å²) in [5, 5.41) is 9.14. The zero-order chi connectivity index (χ0) is 14.9. The third kappa shape index (κ3) is 2.87. The van der Waals surface area contributed by atoms with Gasteiger partial charge in [-0.1, -0.05) is 20.3 Å². The maximum absolute atomic E-state index is 12.5. The Kier molecular flexibility index (Phi) is 4.48. The lowest BCUT2D eigenvalue weighted by Crippen LogP contribution is -2.29. The summed E-state index contributed by atoms with van der Waals surface area (Å²) in [6.07, 6.45) is 2.05. The molecule has 1 fully saturated rings. The number of hydrogen-bond donors (Lipinski definition) is 1. The summed E-state index contributed by atoms with van der Waals surface area (Å²) < 4.78 is 0. The van der Waals surface area contributed by atoms with Gasteiger partial charge >= 0.3 is 5.97 Å². The Morgan fingerprint density at radius 1 is 1.45 bits per heavy atom. The number of aliphatic carboxylic acids is 1. The highest BCUT2D eigenvalue weighted by Crippen LogP contribution is 2.28. The van der Waals surface area contributed by atoms with Crippen molar-refractivity contribution in [1.29, 1.82) is 0 Å². The third-order valence-corrected chi connectivity index (χ3v) is 5.05. The second-order valence-corrected chi connectivity index (χ2v) is 6.83. The van der Waals surface area contributed by atoms with Crippen LogP contribution in [0.5, 0.6) is 0 Å². The predicted octanol–water partition coefficient (Wildman–Crippen LogP) is 2.80. The van der Waals surface area contributed by atoms with Crippen LogP contribution in [0.3, 0.4) is 0 Å². The van der Waals surface area contributed by atoms with E-state index in [1.807, 2.05) is 19.9 Å². The molecule has 1 aromatic rings. The molecule has 5 heteroatoms. The number of carbonyl (C=O) groups is 2. The van der Waals surface area contributed by atoms with E-state index in [0.29, 0.717) is 13.1 Å². The number of aryl methyl sites for hydroxylation is 2. The fourth-order valence-corrected chi connectivity index (χ4v) is 3.79. The molecule has 0 aromatic carbocycles. The fourth-order valence-electron chi connectivity index (χ4n) is 2.75. The van der Waals surface area contributed by atoms with Crippen molar-refractivity contribution in [2.24, 2.45) is 11.8 Å². The van der Waals surface area contributed by atoms with Gasteiger partial charge in [0.25, 0.3) is 5.91 Å². The molecule has 1 saturated heterocycles. The highest BCUT2D eigenvalue weighted by atomic mass is 32.1. The molecule has 0 bridgehead atoms. The standard InChI is InChI=1S/C15H21NO3S/c1-4-5-11-6-13(20-10(11)3)14(17)16-7-9(2)12(8-16)15(18)19/h6,9,12H,4-5,7-8H2,1-3H3,(H,18,19).